The second-order valence-electron chi connectivity index (χ2n) is 2.27. The van der Waals surface area contributed by atoms with E-state index in [4.69, 9.17) is 17.3 Å². The van der Waals surface area contributed by atoms with E-state index < -0.39 is 0 Å². The molecule has 0 radical (unpaired) electrons. The van der Waals surface area contributed by atoms with Crippen molar-refractivity contribution in [1.29, 1.82) is 0 Å². The summed E-state index contributed by atoms with van der Waals surface area (Å²) in [7, 11) is 0. The molecule has 0 aliphatic rings. The van der Waals surface area contributed by atoms with Gasteiger partial charge in [0.05, 0.1) is 0 Å². The highest BCUT2D eigenvalue weighted by Gasteiger charge is 1.99. The summed E-state index contributed by atoms with van der Waals surface area (Å²) in [6.45, 7) is 0.358. The molecule has 1 aromatic carbocycles. The molecule has 12 heavy (non-hydrogen) atoms. The van der Waals surface area contributed by atoms with Crippen LogP contribution in [0.25, 0.3) is 0 Å². The van der Waals surface area contributed by atoms with E-state index >= 15 is 0 Å². The van der Waals surface area contributed by atoms with E-state index in [0.29, 0.717) is 23.7 Å². The van der Waals surface area contributed by atoms with Crippen molar-refractivity contribution in [2.45, 2.75) is 6.54 Å². The van der Waals surface area contributed by atoms with Crippen LogP contribution in [0.3, 0.4) is 0 Å². The summed E-state index contributed by atoms with van der Waals surface area (Å²) in [4.78, 5) is 10.1. The zero-order valence-corrected chi connectivity index (χ0v) is 7.14. The van der Waals surface area contributed by atoms with Gasteiger partial charge in [0.1, 0.15) is 0 Å². The first-order valence-corrected chi connectivity index (χ1v) is 3.84. The summed E-state index contributed by atoms with van der Waals surface area (Å²) in [5.41, 5.74) is 6.97. The number of halogens is 1. The number of carbonyl (C=O) groups excluding carboxylic acids is 1. The van der Waals surface area contributed by atoms with Gasteiger partial charge in [0, 0.05) is 17.3 Å². The van der Waals surface area contributed by atoms with Gasteiger partial charge in [-0.1, -0.05) is 11.6 Å². The number of carbonyl (C=O) groups is 1. The van der Waals surface area contributed by atoms with Crippen molar-refractivity contribution < 1.29 is 4.79 Å². The van der Waals surface area contributed by atoms with Gasteiger partial charge in [-0.25, -0.2) is 0 Å². The molecule has 0 fully saturated rings. The lowest BCUT2D eigenvalue weighted by atomic mass is 10.2. The number of amides is 1. The second kappa shape index (κ2) is 4.09. The number of anilines is 1. The predicted molar refractivity (Wildman–Crippen MR) is 49.0 cm³/mol. The molecular weight excluding hydrogens is 176 g/mol. The molecule has 0 unspecified atom stereocenters. The summed E-state index contributed by atoms with van der Waals surface area (Å²) >= 11 is 5.72. The van der Waals surface area contributed by atoms with Gasteiger partial charge >= 0.3 is 0 Å². The second-order valence-corrected chi connectivity index (χ2v) is 2.70. The van der Waals surface area contributed by atoms with Crippen LogP contribution in [0.2, 0.25) is 5.02 Å². The maximum absolute atomic E-state index is 10.1. The molecule has 4 heteroatoms. The number of hydrogen-bond donors (Lipinski definition) is 2. The maximum Gasteiger partial charge on any atom is 0.211 e. The predicted octanol–water partition coefficient (Wildman–Crippen LogP) is 1.37. The van der Waals surface area contributed by atoms with Crippen LogP contribution in [0, 0.1) is 0 Å². The Labute approximate surface area is 75.5 Å². The van der Waals surface area contributed by atoms with Gasteiger partial charge in [-0.05, 0) is 23.8 Å². The molecule has 64 valence electrons. The average molecular weight is 185 g/mol. The van der Waals surface area contributed by atoms with Crippen molar-refractivity contribution in [3.05, 3.63) is 28.8 Å². The number of nitrogens with two attached hydrogens (primary N) is 1. The third kappa shape index (κ3) is 1.96. The lowest BCUT2D eigenvalue weighted by Crippen LogP contribution is -2.03. The third-order valence-electron chi connectivity index (χ3n) is 1.50. The van der Waals surface area contributed by atoms with Gasteiger partial charge in [-0.3, -0.25) is 4.79 Å². The van der Waals surface area contributed by atoms with Crippen molar-refractivity contribution in [1.82, 2.24) is 0 Å². The van der Waals surface area contributed by atoms with E-state index in [1.807, 2.05) is 0 Å². The lowest BCUT2D eigenvalue weighted by Gasteiger charge is -2.05. The van der Waals surface area contributed by atoms with E-state index in [1.54, 1.807) is 18.2 Å². The third-order valence-corrected chi connectivity index (χ3v) is 1.74. The Bertz CT molecular complexity index is 288. The Morgan fingerprint density at radius 1 is 1.58 bits per heavy atom. The smallest absolute Gasteiger partial charge is 0.211 e. The maximum atomic E-state index is 10.1. The summed E-state index contributed by atoms with van der Waals surface area (Å²) in [5, 5.41) is 3.15. The molecule has 1 amide bonds. The van der Waals surface area contributed by atoms with Crippen LogP contribution in [0.5, 0.6) is 0 Å². The van der Waals surface area contributed by atoms with Crippen molar-refractivity contribution in [2.75, 3.05) is 5.32 Å². The van der Waals surface area contributed by atoms with Crippen LogP contribution < -0.4 is 11.1 Å². The zero-order chi connectivity index (χ0) is 8.97. The van der Waals surface area contributed by atoms with Crippen LogP contribution in [0.15, 0.2) is 18.2 Å². The molecule has 0 bridgehead atoms. The Balaban J connectivity index is 3.01. The minimum Gasteiger partial charge on any atom is -0.328 e. The highest BCUT2D eigenvalue weighted by Crippen LogP contribution is 2.19. The van der Waals surface area contributed by atoms with Crippen LogP contribution in [-0.2, 0) is 11.3 Å². The van der Waals surface area contributed by atoms with Gasteiger partial charge in [-0.15, -0.1) is 0 Å². The highest BCUT2D eigenvalue weighted by molar-refractivity contribution is 6.30. The molecule has 3 nitrogen and oxygen atoms in total. The Hall–Kier alpha value is -1.06. The Kier molecular flexibility index (Phi) is 3.08. The normalized spacial score (nSPS) is 9.50. The molecular formula is C8H9ClN2O. The van der Waals surface area contributed by atoms with Gasteiger partial charge in [0.15, 0.2) is 0 Å². The van der Waals surface area contributed by atoms with Crippen LogP contribution in [-0.4, -0.2) is 6.41 Å². The fourth-order valence-corrected chi connectivity index (χ4v) is 1.13. The van der Waals surface area contributed by atoms with Crippen molar-refractivity contribution in [2.24, 2.45) is 5.73 Å². The quantitative estimate of drug-likeness (QED) is 0.698. The molecule has 1 aromatic rings. The minimum atomic E-state index is 0.358. The van der Waals surface area contributed by atoms with Gasteiger partial charge in [0.25, 0.3) is 0 Å². The molecule has 3 N–H and O–H groups in total. The fourth-order valence-electron chi connectivity index (χ4n) is 0.935. The van der Waals surface area contributed by atoms with E-state index in [-0.39, 0.29) is 0 Å². The van der Waals surface area contributed by atoms with Gasteiger partial charge in [0.2, 0.25) is 6.41 Å². The summed E-state index contributed by atoms with van der Waals surface area (Å²) in [5.74, 6) is 0. The van der Waals surface area contributed by atoms with Crippen LogP contribution in [0.4, 0.5) is 5.69 Å². The van der Waals surface area contributed by atoms with E-state index in [1.165, 1.54) is 0 Å². The number of hydrogen-bond acceptors (Lipinski definition) is 2. The van der Waals surface area contributed by atoms with Crippen molar-refractivity contribution in [3.8, 4) is 0 Å². The van der Waals surface area contributed by atoms with E-state index in [0.717, 1.165) is 5.56 Å². The molecule has 0 saturated carbocycles. The molecule has 0 spiro atoms. The molecule has 0 aliphatic carbocycles. The van der Waals surface area contributed by atoms with Crippen LogP contribution >= 0.6 is 11.6 Å². The molecule has 0 aromatic heterocycles. The van der Waals surface area contributed by atoms with E-state index in [9.17, 15) is 4.79 Å². The first-order valence-electron chi connectivity index (χ1n) is 3.46. The summed E-state index contributed by atoms with van der Waals surface area (Å²) < 4.78 is 0. The SMILES string of the molecule is NCc1cc(Cl)ccc1NC=O. The molecule has 1 rings (SSSR count). The standard InChI is InChI=1S/C8H9ClN2O/c9-7-1-2-8(11-5-12)6(3-7)4-10/h1-3,5H,4,10H2,(H,11,12). The van der Waals surface area contributed by atoms with E-state index in [2.05, 4.69) is 5.32 Å². The number of rotatable bonds is 3. The van der Waals surface area contributed by atoms with Crippen molar-refractivity contribution in [3.63, 3.8) is 0 Å². The zero-order valence-electron chi connectivity index (χ0n) is 6.38. The molecule has 0 heterocycles. The Morgan fingerprint density at radius 2 is 2.33 bits per heavy atom. The Morgan fingerprint density at radius 3 is 2.92 bits per heavy atom. The average Bonchev–Trinajstić information content (AvgIpc) is 2.08. The lowest BCUT2D eigenvalue weighted by molar-refractivity contribution is -0.105. The molecule has 0 saturated heterocycles. The molecule has 0 aliphatic heterocycles. The fraction of sp³-hybridized carbons (Fsp3) is 0.125. The number of benzene rings is 1. The largest absolute Gasteiger partial charge is 0.328 e. The topological polar surface area (TPSA) is 55.1 Å². The molecule has 0 atom stereocenters. The van der Waals surface area contributed by atoms with Gasteiger partial charge < -0.3 is 11.1 Å². The highest BCUT2D eigenvalue weighted by atomic mass is 35.5. The summed E-state index contributed by atoms with van der Waals surface area (Å²) in [6, 6.07) is 5.15. The first kappa shape index (κ1) is 9.03. The van der Waals surface area contributed by atoms with Crippen molar-refractivity contribution >= 4 is 23.7 Å². The monoisotopic (exact) mass is 184 g/mol. The summed E-state index contributed by atoms with van der Waals surface area (Å²) in [6.07, 6.45) is 0.613. The number of nitrogens with one attached hydrogen (secondary N) is 1. The minimum absolute atomic E-state index is 0.358. The first-order chi connectivity index (χ1) is 5.77. The van der Waals surface area contributed by atoms with Gasteiger partial charge in [-0.2, -0.15) is 0 Å². The van der Waals surface area contributed by atoms with Crippen LogP contribution in [0.1, 0.15) is 5.56 Å².